The Bertz CT molecular complexity index is 1350. The second-order valence-electron chi connectivity index (χ2n) is 15.2. The van der Waals surface area contributed by atoms with Crippen LogP contribution in [0.25, 0.3) is 0 Å². The van der Waals surface area contributed by atoms with Crippen molar-refractivity contribution in [3.63, 3.8) is 0 Å². The minimum atomic E-state index is 0.314. The van der Waals surface area contributed by atoms with Crippen LogP contribution >= 0.6 is 0 Å². The summed E-state index contributed by atoms with van der Waals surface area (Å²) in [6.45, 7) is 14.3. The summed E-state index contributed by atoms with van der Waals surface area (Å²) in [5.74, 6) is 0. The first-order valence-electron chi connectivity index (χ1n) is 17.5. The van der Waals surface area contributed by atoms with Crippen molar-refractivity contribution in [3.8, 4) is 0 Å². The SMILES string of the molecule is CC1=C(C)C(C)(C)[C]([Ti])=C1C.CN(C)Cc1ccccc1N(C)C.CN(C)Cc1ccccc1N(C)C.CN(C)Cc1ccccc1N(C)C. The summed E-state index contributed by atoms with van der Waals surface area (Å²) in [6.07, 6.45) is 0. The van der Waals surface area contributed by atoms with Crippen molar-refractivity contribution in [2.24, 2.45) is 5.41 Å². The van der Waals surface area contributed by atoms with Crippen LogP contribution in [0.5, 0.6) is 0 Å². The number of para-hydroxylation sites is 3. The maximum Gasteiger partial charge on any atom is 0.0406 e. The molecule has 4 rings (SSSR count). The molecule has 1 aliphatic carbocycles. The second kappa shape index (κ2) is 21.5. The molecule has 0 amide bonds. The predicted octanol–water partition coefficient (Wildman–Crippen LogP) is 8.63. The maximum absolute atomic E-state index is 2.30. The smallest absolute Gasteiger partial charge is 0.0406 e. The zero-order valence-electron chi connectivity index (χ0n) is 34.7. The van der Waals surface area contributed by atoms with E-state index in [2.05, 4.69) is 242 Å². The van der Waals surface area contributed by atoms with Gasteiger partial charge in [-0.15, -0.1) is 0 Å². The van der Waals surface area contributed by atoms with Gasteiger partial charge in [-0.25, -0.2) is 0 Å². The van der Waals surface area contributed by atoms with E-state index in [4.69, 9.17) is 0 Å². The number of hydrogen-bond acceptors (Lipinski definition) is 6. The Balaban J connectivity index is 0.000000334. The van der Waals surface area contributed by atoms with Crippen molar-refractivity contribution in [3.05, 3.63) is 110 Å². The Kier molecular flexibility index (Phi) is 19.4. The van der Waals surface area contributed by atoms with Gasteiger partial charge in [-0.2, -0.15) is 0 Å². The van der Waals surface area contributed by atoms with E-state index in [1.807, 2.05) is 0 Å². The Morgan fingerprint density at radius 3 is 0.860 bits per heavy atom. The van der Waals surface area contributed by atoms with Gasteiger partial charge in [-0.05, 0) is 77.2 Å². The van der Waals surface area contributed by atoms with Crippen molar-refractivity contribution in [2.45, 2.75) is 54.3 Å². The molecule has 0 heterocycles. The van der Waals surface area contributed by atoms with E-state index in [0.717, 1.165) is 19.6 Å². The van der Waals surface area contributed by atoms with Crippen molar-refractivity contribution < 1.29 is 20.4 Å². The summed E-state index contributed by atoms with van der Waals surface area (Å²) in [5, 5.41) is 0. The van der Waals surface area contributed by atoms with Crippen LogP contribution in [-0.2, 0) is 40.1 Å². The van der Waals surface area contributed by atoms with Crippen LogP contribution < -0.4 is 14.7 Å². The normalized spacial score (nSPS) is 13.3. The zero-order valence-corrected chi connectivity index (χ0v) is 36.3. The molecule has 0 radical (unpaired) electrons. The van der Waals surface area contributed by atoms with Crippen molar-refractivity contribution in [1.29, 1.82) is 0 Å². The van der Waals surface area contributed by atoms with Crippen LogP contribution in [-0.4, -0.2) is 99.3 Å². The number of hydrogen-bond donors (Lipinski definition) is 0. The van der Waals surface area contributed by atoms with E-state index >= 15 is 0 Å². The maximum atomic E-state index is 2.30. The Hall–Kier alpha value is -2.87. The number of anilines is 3. The van der Waals surface area contributed by atoms with Crippen molar-refractivity contribution >= 4 is 17.1 Å². The third kappa shape index (κ3) is 14.4. The fourth-order valence-electron chi connectivity index (χ4n) is 5.86. The monoisotopic (exact) mass is 718 g/mol. The van der Waals surface area contributed by atoms with E-state index < -0.39 is 0 Å². The molecule has 3 aromatic rings. The molecular formula is C43H69N6Ti. The molecule has 0 fully saturated rings. The minimum Gasteiger partial charge on any atom is -0.377 e. The second-order valence-corrected chi connectivity index (χ2v) is 15.9. The fraction of sp³-hybridized carbons (Fsp3) is 0.488. The molecule has 1 aliphatic rings. The molecule has 0 atom stereocenters. The Morgan fingerprint density at radius 2 is 0.700 bits per heavy atom. The number of allylic oxidation sites excluding steroid dienone is 4. The van der Waals surface area contributed by atoms with Crippen LogP contribution in [0.2, 0.25) is 0 Å². The third-order valence-corrected chi connectivity index (χ3v) is 10.5. The number of rotatable bonds is 9. The van der Waals surface area contributed by atoms with Gasteiger partial charge in [0.05, 0.1) is 0 Å². The van der Waals surface area contributed by atoms with Gasteiger partial charge < -0.3 is 29.4 Å². The Labute approximate surface area is 319 Å². The summed E-state index contributed by atoms with van der Waals surface area (Å²) < 4.78 is 1.53. The van der Waals surface area contributed by atoms with Gasteiger partial charge in [0.25, 0.3) is 0 Å². The minimum absolute atomic E-state index is 0.314. The summed E-state index contributed by atoms with van der Waals surface area (Å²) >= 11 is 2.25. The van der Waals surface area contributed by atoms with Gasteiger partial charge in [0.2, 0.25) is 0 Å². The van der Waals surface area contributed by atoms with Crippen LogP contribution in [0.3, 0.4) is 0 Å². The molecule has 0 saturated carbocycles. The summed E-state index contributed by atoms with van der Waals surface area (Å²) in [6, 6.07) is 25.5. The van der Waals surface area contributed by atoms with Crippen LogP contribution in [0.4, 0.5) is 17.1 Å². The van der Waals surface area contributed by atoms with Crippen molar-refractivity contribution in [1.82, 2.24) is 14.7 Å². The van der Waals surface area contributed by atoms with Gasteiger partial charge in [0.15, 0.2) is 0 Å². The molecule has 6 nitrogen and oxygen atoms in total. The molecule has 0 spiro atoms. The molecule has 0 aromatic heterocycles. The van der Waals surface area contributed by atoms with Crippen molar-refractivity contribution in [2.75, 3.05) is 99.3 Å². The quantitative estimate of drug-likeness (QED) is 0.205. The van der Waals surface area contributed by atoms with E-state index in [0.29, 0.717) is 5.41 Å². The summed E-state index contributed by atoms with van der Waals surface area (Å²) in [5.41, 5.74) is 12.9. The first-order chi connectivity index (χ1) is 23.2. The number of nitrogens with zero attached hydrogens (tertiary/aromatic N) is 6. The largest absolute Gasteiger partial charge is 0.377 e. The van der Waals surface area contributed by atoms with Crippen LogP contribution in [0, 0.1) is 5.41 Å². The topological polar surface area (TPSA) is 19.4 Å². The van der Waals surface area contributed by atoms with E-state index in [9.17, 15) is 0 Å². The molecule has 0 aliphatic heterocycles. The summed E-state index contributed by atoms with van der Waals surface area (Å²) in [7, 11) is 25.0. The first-order valence-corrected chi connectivity index (χ1v) is 18.3. The predicted molar refractivity (Wildman–Crippen MR) is 219 cm³/mol. The molecule has 275 valence electrons. The molecule has 0 unspecified atom stereocenters. The Morgan fingerprint density at radius 1 is 0.440 bits per heavy atom. The molecule has 0 N–H and O–H groups in total. The molecule has 50 heavy (non-hydrogen) atoms. The van der Waals surface area contributed by atoms with Gasteiger partial charge in [0, 0.05) is 79.0 Å². The number of benzene rings is 3. The zero-order chi connectivity index (χ0) is 38.3. The van der Waals surface area contributed by atoms with Gasteiger partial charge in [-0.1, -0.05) is 54.6 Å². The molecular weight excluding hydrogens is 648 g/mol. The standard InChI is InChI=1S/3C11H18N2.C10H15.Ti/c3*1-12(2)9-10-7-5-6-8-11(10)13(3)4;1-7-6-10(4,5)9(3)8(7)2;/h3*5-8H,9H2,1-4H3;1-5H3;. The van der Waals surface area contributed by atoms with E-state index in [-0.39, 0.29) is 0 Å². The van der Waals surface area contributed by atoms with Crippen LogP contribution in [0.15, 0.2) is 93.4 Å². The molecule has 0 saturated heterocycles. The first kappa shape index (κ1) is 45.2. The van der Waals surface area contributed by atoms with Gasteiger partial charge in [0.1, 0.15) is 0 Å². The average molecular weight is 718 g/mol. The molecule has 3 aromatic carbocycles. The molecule has 0 bridgehead atoms. The van der Waals surface area contributed by atoms with Gasteiger partial charge in [-0.3, -0.25) is 0 Å². The third-order valence-electron chi connectivity index (χ3n) is 8.94. The van der Waals surface area contributed by atoms with E-state index in [1.54, 1.807) is 0 Å². The molecule has 7 heteroatoms. The van der Waals surface area contributed by atoms with Gasteiger partial charge >= 0.3 is 81.1 Å². The van der Waals surface area contributed by atoms with E-state index in [1.165, 1.54) is 54.3 Å². The van der Waals surface area contributed by atoms with Crippen LogP contribution in [0.1, 0.15) is 51.3 Å². The fourth-order valence-corrected chi connectivity index (χ4v) is 6.44. The average Bonchev–Trinajstić information content (AvgIpc) is 3.16. The summed E-state index contributed by atoms with van der Waals surface area (Å²) in [4.78, 5) is 13.0.